The Balaban J connectivity index is 2.22. The second-order valence-corrected chi connectivity index (χ2v) is 4.49. The van der Waals surface area contributed by atoms with Gasteiger partial charge in [-0.05, 0) is 49.2 Å². The van der Waals surface area contributed by atoms with Gasteiger partial charge in [0, 0.05) is 12.4 Å². The minimum absolute atomic E-state index is 0.994. The topological polar surface area (TPSA) is 25.8 Å². The third-order valence-electron chi connectivity index (χ3n) is 1.99. The Kier molecular flexibility index (Phi) is 3.02. The van der Waals surface area contributed by atoms with E-state index in [0.29, 0.717) is 0 Å². The largest absolute Gasteiger partial charge is 0.250 e. The van der Waals surface area contributed by atoms with Gasteiger partial charge in [0.1, 0.15) is 10.1 Å². The molecule has 0 fully saturated rings. The predicted molar refractivity (Wildman–Crippen MR) is 62.1 cm³/mol. The summed E-state index contributed by atoms with van der Waals surface area (Å²) in [5.74, 6) is 0. The Hall–Kier alpha value is -1.35. The highest BCUT2D eigenvalue weighted by Crippen LogP contribution is 2.24. The SMILES string of the molecule is Cc1ccnc(Sc2cc(C)ccn2)c1. The van der Waals surface area contributed by atoms with Crippen LogP contribution in [0.4, 0.5) is 0 Å². The molecule has 0 atom stereocenters. The lowest BCUT2D eigenvalue weighted by Gasteiger charge is -2.01. The average Bonchev–Trinajstić information content (AvgIpc) is 2.17. The summed E-state index contributed by atoms with van der Waals surface area (Å²) in [6.07, 6.45) is 3.65. The number of aromatic nitrogens is 2. The van der Waals surface area contributed by atoms with E-state index in [1.165, 1.54) is 11.1 Å². The summed E-state index contributed by atoms with van der Waals surface area (Å²) in [7, 11) is 0. The van der Waals surface area contributed by atoms with Crippen LogP contribution < -0.4 is 0 Å². The van der Waals surface area contributed by atoms with Crippen LogP contribution in [0, 0.1) is 13.8 Å². The monoisotopic (exact) mass is 216 g/mol. The molecule has 3 heteroatoms. The fraction of sp³-hybridized carbons (Fsp3) is 0.167. The molecular weight excluding hydrogens is 204 g/mol. The van der Waals surface area contributed by atoms with Gasteiger partial charge in [-0.2, -0.15) is 0 Å². The molecule has 2 aromatic rings. The van der Waals surface area contributed by atoms with Crippen LogP contribution in [0.15, 0.2) is 46.7 Å². The lowest BCUT2D eigenvalue weighted by molar-refractivity contribution is 1.07. The molecule has 0 aliphatic carbocycles. The summed E-state index contributed by atoms with van der Waals surface area (Å²) in [6, 6.07) is 8.12. The van der Waals surface area contributed by atoms with Gasteiger partial charge in [0.2, 0.25) is 0 Å². The molecule has 0 saturated heterocycles. The molecule has 2 nitrogen and oxygen atoms in total. The molecular formula is C12H12N2S. The standard InChI is InChI=1S/C12H12N2S/c1-9-3-5-13-11(7-9)15-12-8-10(2)4-6-14-12/h3-8H,1-2H3. The van der Waals surface area contributed by atoms with Gasteiger partial charge in [-0.1, -0.05) is 11.8 Å². The molecule has 2 heterocycles. The fourth-order valence-corrected chi connectivity index (χ4v) is 2.17. The van der Waals surface area contributed by atoms with Crippen molar-refractivity contribution in [3.05, 3.63) is 47.8 Å². The predicted octanol–water partition coefficient (Wildman–Crippen LogP) is 3.24. The van der Waals surface area contributed by atoms with Crippen molar-refractivity contribution in [2.24, 2.45) is 0 Å². The maximum absolute atomic E-state index is 4.29. The number of hydrogen-bond acceptors (Lipinski definition) is 3. The van der Waals surface area contributed by atoms with Crippen LogP contribution in [-0.2, 0) is 0 Å². The van der Waals surface area contributed by atoms with E-state index in [4.69, 9.17) is 0 Å². The van der Waals surface area contributed by atoms with E-state index in [1.54, 1.807) is 11.8 Å². The van der Waals surface area contributed by atoms with Crippen molar-refractivity contribution in [3.8, 4) is 0 Å². The lowest BCUT2D eigenvalue weighted by atomic mass is 10.3. The van der Waals surface area contributed by atoms with E-state index < -0.39 is 0 Å². The molecule has 0 saturated carbocycles. The highest BCUT2D eigenvalue weighted by atomic mass is 32.2. The second-order valence-electron chi connectivity index (χ2n) is 3.44. The summed E-state index contributed by atoms with van der Waals surface area (Å²) in [5.41, 5.74) is 2.44. The average molecular weight is 216 g/mol. The fourth-order valence-electron chi connectivity index (χ4n) is 1.24. The van der Waals surface area contributed by atoms with Crippen LogP contribution in [0.3, 0.4) is 0 Å². The molecule has 15 heavy (non-hydrogen) atoms. The normalized spacial score (nSPS) is 10.3. The first-order valence-electron chi connectivity index (χ1n) is 4.77. The van der Waals surface area contributed by atoms with Crippen LogP contribution >= 0.6 is 11.8 Å². The van der Waals surface area contributed by atoms with Gasteiger partial charge in [-0.25, -0.2) is 9.97 Å². The quantitative estimate of drug-likeness (QED) is 0.770. The first-order chi connectivity index (χ1) is 7.24. The van der Waals surface area contributed by atoms with Crippen molar-refractivity contribution in [3.63, 3.8) is 0 Å². The Labute approximate surface area is 93.8 Å². The van der Waals surface area contributed by atoms with Crippen molar-refractivity contribution in [1.29, 1.82) is 0 Å². The van der Waals surface area contributed by atoms with E-state index in [-0.39, 0.29) is 0 Å². The number of aryl methyl sites for hydroxylation is 2. The summed E-state index contributed by atoms with van der Waals surface area (Å²) in [4.78, 5) is 8.57. The number of pyridine rings is 2. The van der Waals surface area contributed by atoms with Gasteiger partial charge in [0.05, 0.1) is 0 Å². The van der Waals surface area contributed by atoms with Crippen molar-refractivity contribution < 1.29 is 0 Å². The Morgan fingerprint density at radius 1 is 0.867 bits per heavy atom. The first kappa shape index (κ1) is 10.2. The summed E-state index contributed by atoms with van der Waals surface area (Å²) < 4.78 is 0. The van der Waals surface area contributed by atoms with Gasteiger partial charge >= 0.3 is 0 Å². The van der Waals surface area contributed by atoms with Crippen molar-refractivity contribution in [1.82, 2.24) is 9.97 Å². The highest BCUT2D eigenvalue weighted by Gasteiger charge is 2.00. The number of hydrogen-bond donors (Lipinski definition) is 0. The molecule has 0 amide bonds. The molecule has 76 valence electrons. The first-order valence-corrected chi connectivity index (χ1v) is 5.59. The van der Waals surface area contributed by atoms with Gasteiger partial charge in [-0.15, -0.1) is 0 Å². The molecule has 2 aromatic heterocycles. The minimum atomic E-state index is 0.994. The molecule has 0 unspecified atom stereocenters. The maximum Gasteiger partial charge on any atom is 0.102 e. The third-order valence-corrected chi connectivity index (χ3v) is 2.85. The number of rotatable bonds is 2. The molecule has 0 radical (unpaired) electrons. The van der Waals surface area contributed by atoms with E-state index in [2.05, 4.69) is 35.9 Å². The Bertz CT molecular complexity index is 425. The van der Waals surface area contributed by atoms with Gasteiger partial charge in [0.15, 0.2) is 0 Å². The maximum atomic E-state index is 4.29. The van der Waals surface area contributed by atoms with Crippen LogP contribution in [0.25, 0.3) is 0 Å². The number of nitrogens with zero attached hydrogens (tertiary/aromatic N) is 2. The molecule has 0 bridgehead atoms. The van der Waals surface area contributed by atoms with Crippen molar-refractivity contribution >= 4 is 11.8 Å². The second kappa shape index (κ2) is 4.45. The highest BCUT2D eigenvalue weighted by molar-refractivity contribution is 7.99. The van der Waals surface area contributed by atoms with E-state index in [9.17, 15) is 0 Å². The van der Waals surface area contributed by atoms with Crippen molar-refractivity contribution in [2.75, 3.05) is 0 Å². The van der Waals surface area contributed by atoms with Crippen LogP contribution in [-0.4, -0.2) is 9.97 Å². The van der Waals surface area contributed by atoms with Gasteiger partial charge < -0.3 is 0 Å². The zero-order chi connectivity index (χ0) is 10.7. The zero-order valence-electron chi connectivity index (χ0n) is 8.77. The zero-order valence-corrected chi connectivity index (χ0v) is 9.58. The van der Waals surface area contributed by atoms with E-state index >= 15 is 0 Å². The minimum Gasteiger partial charge on any atom is -0.250 e. The molecule has 2 rings (SSSR count). The summed E-state index contributed by atoms with van der Waals surface area (Å²) in [5, 5.41) is 1.99. The molecule has 0 aromatic carbocycles. The van der Waals surface area contributed by atoms with Crippen LogP contribution in [0.5, 0.6) is 0 Å². The Morgan fingerprint density at radius 2 is 1.33 bits per heavy atom. The molecule has 0 aliphatic heterocycles. The summed E-state index contributed by atoms with van der Waals surface area (Å²) >= 11 is 1.59. The lowest BCUT2D eigenvalue weighted by Crippen LogP contribution is -1.84. The van der Waals surface area contributed by atoms with Crippen LogP contribution in [0.2, 0.25) is 0 Å². The third kappa shape index (κ3) is 2.80. The van der Waals surface area contributed by atoms with Crippen LogP contribution in [0.1, 0.15) is 11.1 Å². The molecule has 0 spiro atoms. The Morgan fingerprint density at radius 3 is 1.73 bits per heavy atom. The van der Waals surface area contributed by atoms with Crippen molar-refractivity contribution in [2.45, 2.75) is 23.9 Å². The van der Waals surface area contributed by atoms with E-state index in [1.807, 2.05) is 24.5 Å². The summed E-state index contributed by atoms with van der Waals surface area (Å²) in [6.45, 7) is 4.13. The molecule has 0 aliphatic rings. The smallest absolute Gasteiger partial charge is 0.102 e. The van der Waals surface area contributed by atoms with Gasteiger partial charge in [0.25, 0.3) is 0 Å². The molecule has 0 N–H and O–H groups in total. The van der Waals surface area contributed by atoms with E-state index in [0.717, 1.165) is 10.1 Å². The van der Waals surface area contributed by atoms with Gasteiger partial charge in [-0.3, -0.25) is 0 Å².